The van der Waals surface area contributed by atoms with Crippen LogP contribution in [0.4, 0.5) is 13.2 Å². The normalized spacial score (nSPS) is 16.5. The van der Waals surface area contributed by atoms with Gasteiger partial charge in [0.2, 0.25) is 0 Å². The number of ether oxygens (including phenoxy) is 2. The Labute approximate surface area is 244 Å². The number of amides is 1. The number of aryl methyl sites for hydroxylation is 1. The molecule has 43 heavy (non-hydrogen) atoms. The zero-order valence-electron chi connectivity index (χ0n) is 23.5. The minimum absolute atomic E-state index is 0.0700. The fraction of sp³-hybridized carbons (Fsp3) is 0.400. The number of nitrogens with zero attached hydrogens (tertiary/aromatic N) is 5. The van der Waals surface area contributed by atoms with Crippen LogP contribution in [0.1, 0.15) is 48.0 Å². The molecule has 2 aliphatic rings. The van der Waals surface area contributed by atoms with Gasteiger partial charge in [0.05, 0.1) is 54.8 Å². The summed E-state index contributed by atoms with van der Waals surface area (Å²) in [4.78, 5) is 13.0. The number of benzene rings is 2. The molecule has 4 aromatic rings. The lowest BCUT2D eigenvalue weighted by atomic mass is 9.80. The van der Waals surface area contributed by atoms with Crippen molar-refractivity contribution in [3.8, 4) is 40.0 Å². The van der Waals surface area contributed by atoms with Crippen molar-refractivity contribution in [1.29, 1.82) is 5.26 Å². The number of hydrogen-bond donors (Lipinski definition) is 2. The number of methoxy groups -OCH3 is 1. The second-order valence-corrected chi connectivity index (χ2v) is 11.3. The second kappa shape index (κ2) is 10.6. The first kappa shape index (κ1) is 28.5. The Morgan fingerprint density at radius 2 is 1.91 bits per heavy atom. The van der Waals surface area contributed by atoms with Gasteiger partial charge in [0.25, 0.3) is 5.91 Å². The number of hydrogen-bond acceptors (Lipinski definition) is 7. The molecule has 2 fully saturated rings. The fourth-order valence-corrected chi connectivity index (χ4v) is 5.50. The first-order valence-corrected chi connectivity index (χ1v) is 13.8. The number of aliphatic hydroxyl groups is 1. The number of alkyl halides is 3. The van der Waals surface area contributed by atoms with Crippen molar-refractivity contribution in [3.05, 3.63) is 47.8 Å². The molecule has 2 heterocycles. The Kier molecular flexibility index (Phi) is 7.04. The SMILES string of the molecule is COc1cc(-c2c3c(C#N)cc(-c4cnn(CC5(O)CCC5)c4)cc3nn2C)cc(OC(F)F)c1C(=O)NCC1(F)CC1. The Hall–Kier alpha value is -4.57. The third-order valence-electron chi connectivity index (χ3n) is 8.12. The summed E-state index contributed by atoms with van der Waals surface area (Å²) in [5.41, 5.74) is 0.333. The summed E-state index contributed by atoms with van der Waals surface area (Å²) < 4.78 is 54.5. The van der Waals surface area contributed by atoms with E-state index in [1.54, 1.807) is 36.3 Å². The predicted octanol–water partition coefficient (Wildman–Crippen LogP) is 4.73. The highest BCUT2D eigenvalue weighted by molar-refractivity contribution is 6.03. The van der Waals surface area contributed by atoms with Crippen LogP contribution in [0.15, 0.2) is 36.7 Å². The maximum Gasteiger partial charge on any atom is 0.387 e. The minimum atomic E-state index is -3.26. The minimum Gasteiger partial charge on any atom is -0.496 e. The summed E-state index contributed by atoms with van der Waals surface area (Å²) in [5.74, 6) is -1.35. The van der Waals surface area contributed by atoms with E-state index in [9.17, 15) is 28.3 Å². The number of nitrogens with one attached hydrogen (secondary N) is 1. The molecule has 224 valence electrons. The van der Waals surface area contributed by atoms with Gasteiger partial charge in [0.1, 0.15) is 22.7 Å². The molecule has 2 aromatic carbocycles. The number of carbonyl (C=O) groups excluding carboxylic acids is 1. The molecule has 0 aliphatic heterocycles. The molecule has 2 N–H and O–H groups in total. The molecule has 0 saturated heterocycles. The monoisotopic (exact) mass is 594 g/mol. The fourth-order valence-electron chi connectivity index (χ4n) is 5.50. The largest absolute Gasteiger partial charge is 0.496 e. The first-order chi connectivity index (χ1) is 20.5. The smallest absolute Gasteiger partial charge is 0.387 e. The number of halogens is 3. The number of nitriles is 1. The van der Waals surface area contributed by atoms with E-state index < -0.39 is 29.5 Å². The lowest BCUT2D eigenvalue weighted by Crippen LogP contribution is -2.41. The lowest BCUT2D eigenvalue weighted by molar-refractivity contribution is -0.0506. The van der Waals surface area contributed by atoms with Crippen LogP contribution in [-0.2, 0) is 13.6 Å². The second-order valence-electron chi connectivity index (χ2n) is 11.3. The average molecular weight is 595 g/mol. The van der Waals surface area contributed by atoms with E-state index in [4.69, 9.17) is 9.47 Å². The van der Waals surface area contributed by atoms with Gasteiger partial charge >= 0.3 is 6.61 Å². The summed E-state index contributed by atoms with van der Waals surface area (Å²) in [5, 5.41) is 32.5. The van der Waals surface area contributed by atoms with Gasteiger partial charge < -0.3 is 19.9 Å². The molecule has 2 aliphatic carbocycles. The Balaban J connectivity index is 1.41. The van der Waals surface area contributed by atoms with Crippen molar-refractivity contribution in [2.75, 3.05) is 13.7 Å². The van der Waals surface area contributed by atoms with Crippen molar-refractivity contribution in [2.24, 2.45) is 7.05 Å². The molecule has 0 bridgehead atoms. The number of aromatic nitrogens is 4. The van der Waals surface area contributed by atoms with Crippen LogP contribution in [0.5, 0.6) is 11.5 Å². The van der Waals surface area contributed by atoms with Crippen molar-refractivity contribution < 1.29 is 32.5 Å². The first-order valence-electron chi connectivity index (χ1n) is 13.8. The highest BCUT2D eigenvalue weighted by Crippen LogP contribution is 2.42. The predicted molar refractivity (Wildman–Crippen MR) is 149 cm³/mol. The van der Waals surface area contributed by atoms with Gasteiger partial charge in [0.15, 0.2) is 0 Å². The van der Waals surface area contributed by atoms with E-state index in [1.807, 2.05) is 0 Å². The maximum atomic E-state index is 14.2. The highest BCUT2D eigenvalue weighted by Gasteiger charge is 2.43. The zero-order chi connectivity index (χ0) is 30.5. The highest BCUT2D eigenvalue weighted by atomic mass is 19.3. The molecule has 0 radical (unpaired) electrons. The molecule has 0 unspecified atom stereocenters. The van der Waals surface area contributed by atoms with E-state index in [0.29, 0.717) is 47.1 Å². The summed E-state index contributed by atoms with van der Waals surface area (Å²) in [6.45, 7) is -3.14. The van der Waals surface area contributed by atoms with Crippen LogP contribution in [0.25, 0.3) is 33.3 Å². The van der Waals surface area contributed by atoms with Gasteiger partial charge in [0, 0.05) is 29.8 Å². The van der Waals surface area contributed by atoms with Crippen molar-refractivity contribution in [1.82, 2.24) is 24.9 Å². The summed E-state index contributed by atoms with van der Waals surface area (Å²) in [6.07, 6.45) is 6.51. The van der Waals surface area contributed by atoms with E-state index in [2.05, 4.69) is 21.6 Å². The van der Waals surface area contributed by atoms with Crippen molar-refractivity contribution in [3.63, 3.8) is 0 Å². The van der Waals surface area contributed by atoms with Crippen LogP contribution >= 0.6 is 0 Å². The van der Waals surface area contributed by atoms with Crippen LogP contribution in [0, 0.1) is 11.3 Å². The van der Waals surface area contributed by atoms with Gasteiger partial charge in [-0.15, -0.1) is 0 Å². The summed E-state index contributed by atoms with van der Waals surface area (Å²) >= 11 is 0. The third kappa shape index (κ3) is 5.50. The van der Waals surface area contributed by atoms with Crippen LogP contribution in [0.2, 0.25) is 0 Å². The molecule has 2 saturated carbocycles. The van der Waals surface area contributed by atoms with Crippen LogP contribution < -0.4 is 14.8 Å². The molecule has 13 heteroatoms. The summed E-state index contributed by atoms with van der Waals surface area (Å²) in [6, 6.07) is 8.41. The van der Waals surface area contributed by atoms with Crippen molar-refractivity contribution >= 4 is 16.8 Å². The zero-order valence-corrected chi connectivity index (χ0v) is 23.5. The molecule has 1 amide bonds. The van der Waals surface area contributed by atoms with E-state index in [1.165, 1.54) is 23.9 Å². The van der Waals surface area contributed by atoms with E-state index in [-0.39, 0.29) is 23.4 Å². The standard InChI is InChI=1S/C30H29F3N6O4/c1-38-26(18-10-22(42-2)25(23(11-18)43-28(31)32)27(40)35-15-29(33)6-7-29)24-19(12-34)8-17(9-21(24)37-38)20-13-36-39(14-20)16-30(41)4-3-5-30/h8-11,13-14,28,41H,3-7,15-16H2,1-2H3,(H,35,40). The maximum absolute atomic E-state index is 14.2. The number of fused-ring (bicyclic) bond motifs is 1. The van der Waals surface area contributed by atoms with Crippen LogP contribution in [-0.4, -0.2) is 62.1 Å². The molecule has 2 aromatic heterocycles. The van der Waals surface area contributed by atoms with Gasteiger partial charge in [-0.1, -0.05) is 0 Å². The van der Waals surface area contributed by atoms with Gasteiger partial charge in [-0.3, -0.25) is 14.2 Å². The quantitative estimate of drug-likeness (QED) is 0.272. The molecule has 10 nitrogen and oxygen atoms in total. The van der Waals surface area contributed by atoms with Crippen LogP contribution in [0.3, 0.4) is 0 Å². The molecular formula is C30H29F3N6O4. The molecule has 0 atom stereocenters. The molecule has 6 rings (SSSR count). The van der Waals surface area contributed by atoms with Gasteiger partial charge in [-0.2, -0.15) is 24.2 Å². The van der Waals surface area contributed by atoms with Crippen molar-refractivity contribution in [2.45, 2.75) is 56.5 Å². The summed E-state index contributed by atoms with van der Waals surface area (Å²) in [7, 11) is 2.92. The van der Waals surface area contributed by atoms with Gasteiger partial charge in [-0.25, -0.2) is 4.39 Å². The lowest BCUT2D eigenvalue weighted by Gasteiger charge is -2.36. The number of rotatable bonds is 10. The van der Waals surface area contributed by atoms with Gasteiger partial charge in [-0.05, 0) is 61.9 Å². The number of carbonyl (C=O) groups is 1. The molecule has 0 spiro atoms. The Morgan fingerprint density at radius 1 is 1.16 bits per heavy atom. The third-order valence-corrected chi connectivity index (χ3v) is 8.12. The van der Waals surface area contributed by atoms with E-state index >= 15 is 0 Å². The Bertz CT molecular complexity index is 1770. The Morgan fingerprint density at radius 3 is 2.53 bits per heavy atom. The van der Waals surface area contributed by atoms with E-state index in [0.717, 1.165) is 24.8 Å². The molecular weight excluding hydrogens is 565 g/mol. The average Bonchev–Trinajstić information content (AvgIpc) is 3.34. The topological polar surface area (TPSA) is 127 Å².